The lowest BCUT2D eigenvalue weighted by atomic mass is 9.85. The molecule has 28 heavy (non-hydrogen) atoms. The van der Waals surface area contributed by atoms with Gasteiger partial charge in [0, 0.05) is 6.54 Å². The molecule has 0 bridgehead atoms. The largest absolute Gasteiger partial charge is 0.493 e. The maximum Gasteiger partial charge on any atom is 0.123 e. The van der Waals surface area contributed by atoms with Crippen LogP contribution in [0.5, 0.6) is 5.75 Å². The highest BCUT2D eigenvalue weighted by molar-refractivity contribution is 5.72. The molecule has 0 N–H and O–H groups in total. The van der Waals surface area contributed by atoms with Crippen LogP contribution >= 0.6 is 0 Å². The lowest BCUT2D eigenvalue weighted by Gasteiger charge is -2.33. The average molecular weight is 380 g/mol. The lowest BCUT2D eigenvalue weighted by molar-refractivity contribution is 0.197. The molecule has 2 aromatic rings. The molecule has 3 heteroatoms. The maximum absolute atomic E-state index is 13.0. The van der Waals surface area contributed by atoms with E-state index < -0.39 is 0 Å². The first-order valence-electron chi connectivity index (χ1n) is 10.5. The van der Waals surface area contributed by atoms with Gasteiger partial charge in [0.2, 0.25) is 0 Å². The Bertz CT molecular complexity index is 851. The predicted octanol–water partition coefficient (Wildman–Crippen LogP) is 5.51. The van der Waals surface area contributed by atoms with Crippen molar-refractivity contribution in [2.24, 2.45) is 5.92 Å². The summed E-state index contributed by atoms with van der Waals surface area (Å²) in [5.74, 6) is 1.16. The van der Waals surface area contributed by atoms with E-state index in [9.17, 15) is 4.39 Å². The highest BCUT2D eigenvalue weighted by Gasteiger charge is 2.21. The van der Waals surface area contributed by atoms with Crippen molar-refractivity contribution in [1.29, 1.82) is 0 Å². The third-order valence-corrected chi connectivity index (χ3v) is 6.10. The van der Waals surface area contributed by atoms with Crippen LogP contribution in [0.1, 0.15) is 43.4 Å². The van der Waals surface area contributed by atoms with Crippen molar-refractivity contribution < 1.29 is 9.13 Å². The van der Waals surface area contributed by atoms with Crippen molar-refractivity contribution in [3.63, 3.8) is 0 Å². The summed E-state index contributed by atoms with van der Waals surface area (Å²) in [5.41, 5.74) is 7.03. The van der Waals surface area contributed by atoms with Crippen molar-refractivity contribution in [3.8, 4) is 5.75 Å². The molecule has 148 valence electrons. The van der Waals surface area contributed by atoms with Crippen molar-refractivity contribution >= 4 is 5.57 Å². The van der Waals surface area contributed by atoms with Crippen LogP contribution in [0.15, 0.2) is 48.0 Å². The topological polar surface area (TPSA) is 12.5 Å². The molecular formula is C25H30FNO. The van der Waals surface area contributed by atoms with E-state index in [0.717, 1.165) is 30.7 Å². The number of rotatable bonds is 7. The summed E-state index contributed by atoms with van der Waals surface area (Å²) < 4.78 is 19.1. The van der Waals surface area contributed by atoms with E-state index >= 15 is 0 Å². The third-order valence-electron chi connectivity index (χ3n) is 6.10. The molecule has 0 unspecified atom stereocenters. The van der Waals surface area contributed by atoms with Crippen LogP contribution in [0.25, 0.3) is 5.57 Å². The fraction of sp³-hybridized carbons (Fsp3) is 0.440. The smallest absolute Gasteiger partial charge is 0.123 e. The number of ether oxygens (including phenoxy) is 1. The summed E-state index contributed by atoms with van der Waals surface area (Å²) in [4.78, 5) is 2.55. The summed E-state index contributed by atoms with van der Waals surface area (Å²) in [7, 11) is 0. The lowest BCUT2D eigenvalue weighted by Crippen LogP contribution is -2.38. The number of aryl methyl sites for hydroxylation is 1. The standard InChI is InChI=1S/C25H30FNO/c1-18(14-20-4-8-23(26)9-5-20)17-28-24-10-11-25-19(2)22(7-6-21(25)15-24)16-27-12-3-13-27/h4-5,8-11,15,18H,3,6-7,12-14,16-17H2,1-2H3/t18-/m0/s1. The van der Waals surface area contributed by atoms with Gasteiger partial charge in [-0.15, -0.1) is 0 Å². The minimum absolute atomic E-state index is 0.181. The Morgan fingerprint density at radius 1 is 1.07 bits per heavy atom. The van der Waals surface area contributed by atoms with Gasteiger partial charge in [0.05, 0.1) is 6.61 Å². The Kier molecular flexibility index (Phi) is 5.82. The van der Waals surface area contributed by atoms with Crippen LogP contribution in [0.4, 0.5) is 4.39 Å². The molecule has 0 saturated carbocycles. The highest BCUT2D eigenvalue weighted by atomic mass is 19.1. The summed E-state index contributed by atoms with van der Waals surface area (Å²) in [5, 5.41) is 0. The third kappa shape index (κ3) is 4.47. The van der Waals surface area contributed by atoms with Gasteiger partial charge < -0.3 is 4.74 Å². The van der Waals surface area contributed by atoms with Gasteiger partial charge in [-0.25, -0.2) is 4.39 Å². The second kappa shape index (κ2) is 8.48. The summed E-state index contributed by atoms with van der Waals surface area (Å²) in [6.45, 7) is 8.78. The van der Waals surface area contributed by atoms with E-state index in [1.807, 2.05) is 12.1 Å². The van der Waals surface area contributed by atoms with E-state index in [2.05, 4.69) is 36.9 Å². The Hall–Kier alpha value is -2.13. The molecule has 1 aliphatic heterocycles. The van der Waals surface area contributed by atoms with Gasteiger partial charge in [0.15, 0.2) is 0 Å². The molecular weight excluding hydrogens is 349 g/mol. The molecule has 1 aliphatic carbocycles. The van der Waals surface area contributed by atoms with Gasteiger partial charge in [-0.2, -0.15) is 0 Å². The molecule has 0 spiro atoms. The average Bonchev–Trinajstić information content (AvgIpc) is 2.66. The Morgan fingerprint density at radius 3 is 2.57 bits per heavy atom. The van der Waals surface area contributed by atoms with E-state index in [4.69, 9.17) is 4.74 Å². The molecule has 0 amide bonds. The summed E-state index contributed by atoms with van der Waals surface area (Å²) >= 11 is 0. The first-order chi connectivity index (χ1) is 13.6. The van der Waals surface area contributed by atoms with E-state index in [1.54, 1.807) is 5.57 Å². The molecule has 1 heterocycles. The second-order valence-electron chi connectivity index (χ2n) is 8.42. The fourth-order valence-corrected chi connectivity index (χ4v) is 4.22. The molecule has 1 fully saturated rings. The normalized spacial score (nSPS) is 17.8. The zero-order valence-corrected chi connectivity index (χ0v) is 17.0. The SMILES string of the molecule is CC1=C(CN2CCC2)CCc2cc(OC[C@@H](C)Cc3ccc(F)cc3)ccc21. The monoisotopic (exact) mass is 379 g/mol. The van der Waals surface area contributed by atoms with Crippen LogP contribution in [0.3, 0.4) is 0 Å². The van der Waals surface area contributed by atoms with Gasteiger partial charge >= 0.3 is 0 Å². The van der Waals surface area contributed by atoms with Gasteiger partial charge in [-0.3, -0.25) is 4.90 Å². The summed E-state index contributed by atoms with van der Waals surface area (Å²) in [6, 6.07) is 13.3. The maximum atomic E-state index is 13.0. The number of halogens is 1. The number of nitrogens with zero attached hydrogens (tertiary/aromatic N) is 1. The van der Waals surface area contributed by atoms with Crippen LogP contribution in [-0.2, 0) is 12.8 Å². The Balaban J connectivity index is 1.36. The van der Waals surface area contributed by atoms with Crippen molar-refractivity contribution in [1.82, 2.24) is 4.90 Å². The van der Waals surface area contributed by atoms with Crippen molar-refractivity contribution in [3.05, 3.63) is 70.5 Å². The molecule has 2 aromatic carbocycles. The van der Waals surface area contributed by atoms with Crippen molar-refractivity contribution in [2.75, 3.05) is 26.2 Å². The van der Waals surface area contributed by atoms with E-state index in [-0.39, 0.29) is 5.82 Å². The number of hydrogen-bond acceptors (Lipinski definition) is 2. The number of hydrogen-bond donors (Lipinski definition) is 0. The minimum atomic E-state index is -0.181. The number of likely N-dealkylation sites (tertiary alicyclic amines) is 1. The Morgan fingerprint density at radius 2 is 1.86 bits per heavy atom. The molecule has 0 radical (unpaired) electrons. The molecule has 1 saturated heterocycles. The van der Waals surface area contributed by atoms with Gasteiger partial charge in [0.25, 0.3) is 0 Å². The predicted molar refractivity (Wildman–Crippen MR) is 113 cm³/mol. The molecule has 4 rings (SSSR count). The quantitative estimate of drug-likeness (QED) is 0.629. The molecule has 2 aliphatic rings. The molecule has 0 aromatic heterocycles. The Labute approximate surface area is 168 Å². The number of fused-ring (bicyclic) bond motifs is 1. The first-order valence-corrected chi connectivity index (χ1v) is 10.5. The van der Waals surface area contributed by atoms with E-state index in [0.29, 0.717) is 12.5 Å². The zero-order valence-electron chi connectivity index (χ0n) is 17.0. The van der Waals surface area contributed by atoms with Crippen LogP contribution in [-0.4, -0.2) is 31.1 Å². The van der Waals surface area contributed by atoms with Crippen LogP contribution in [0.2, 0.25) is 0 Å². The molecule has 1 atom stereocenters. The number of allylic oxidation sites excluding steroid dienone is 1. The van der Waals surface area contributed by atoms with Gasteiger partial charge in [-0.05, 0) is 98.1 Å². The zero-order chi connectivity index (χ0) is 19.5. The fourth-order valence-electron chi connectivity index (χ4n) is 4.22. The second-order valence-corrected chi connectivity index (χ2v) is 8.42. The van der Waals surface area contributed by atoms with Gasteiger partial charge in [-0.1, -0.05) is 30.7 Å². The first kappa shape index (κ1) is 19.2. The van der Waals surface area contributed by atoms with Crippen molar-refractivity contribution in [2.45, 2.75) is 39.5 Å². The minimum Gasteiger partial charge on any atom is -0.493 e. The van der Waals surface area contributed by atoms with Crippen LogP contribution in [0, 0.1) is 11.7 Å². The van der Waals surface area contributed by atoms with E-state index in [1.165, 1.54) is 54.8 Å². The van der Waals surface area contributed by atoms with Crippen LogP contribution < -0.4 is 4.74 Å². The number of benzene rings is 2. The molecule has 2 nitrogen and oxygen atoms in total. The van der Waals surface area contributed by atoms with Gasteiger partial charge in [0.1, 0.15) is 11.6 Å². The summed E-state index contributed by atoms with van der Waals surface area (Å²) in [6.07, 6.45) is 4.52. The highest BCUT2D eigenvalue weighted by Crippen LogP contribution is 2.34.